The zero-order chi connectivity index (χ0) is 14.8. The molecule has 0 fully saturated rings. The summed E-state index contributed by atoms with van der Waals surface area (Å²) < 4.78 is 14.9. The molecule has 1 N–H and O–H groups in total. The van der Waals surface area contributed by atoms with Gasteiger partial charge in [0.05, 0.1) is 17.3 Å². The van der Waals surface area contributed by atoms with Gasteiger partial charge in [0.25, 0.3) is 0 Å². The average Bonchev–Trinajstić information content (AvgIpc) is 2.78. The fourth-order valence-electron chi connectivity index (χ4n) is 1.77. The summed E-state index contributed by atoms with van der Waals surface area (Å²) >= 11 is 5.77. The Morgan fingerprint density at radius 1 is 1.30 bits per heavy atom. The largest absolute Gasteiger partial charge is 0.306 e. The first-order valence-electron chi connectivity index (χ1n) is 6.55. The molecule has 0 bridgehead atoms. The first-order valence-corrected chi connectivity index (χ1v) is 6.92. The van der Waals surface area contributed by atoms with Crippen molar-refractivity contribution < 1.29 is 4.39 Å². The molecule has 0 saturated carbocycles. The van der Waals surface area contributed by atoms with Gasteiger partial charge in [-0.15, -0.1) is 0 Å². The molecule has 1 aromatic heterocycles. The highest BCUT2D eigenvalue weighted by molar-refractivity contribution is 6.30. The van der Waals surface area contributed by atoms with Crippen LogP contribution >= 0.6 is 11.6 Å². The van der Waals surface area contributed by atoms with Gasteiger partial charge in [-0.05, 0) is 44.5 Å². The van der Waals surface area contributed by atoms with Crippen LogP contribution in [0.5, 0.6) is 0 Å². The lowest BCUT2D eigenvalue weighted by molar-refractivity contribution is 0.419. The van der Waals surface area contributed by atoms with Crippen LogP contribution in [0, 0.1) is 5.82 Å². The second kappa shape index (κ2) is 5.94. The van der Waals surface area contributed by atoms with Crippen LogP contribution < -0.4 is 5.32 Å². The van der Waals surface area contributed by atoms with Crippen molar-refractivity contribution >= 4 is 11.6 Å². The van der Waals surface area contributed by atoms with Gasteiger partial charge < -0.3 is 5.32 Å². The van der Waals surface area contributed by atoms with E-state index in [0.717, 1.165) is 17.8 Å². The van der Waals surface area contributed by atoms with E-state index >= 15 is 0 Å². The van der Waals surface area contributed by atoms with E-state index in [1.165, 1.54) is 6.07 Å². The number of rotatable bonds is 4. The maximum absolute atomic E-state index is 13.1. The smallest absolute Gasteiger partial charge is 0.141 e. The number of hydrogen-bond donors (Lipinski definition) is 1. The van der Waals surface area contributed by atoms with E-state index in [2.05, 4.69) is 31.2 Å². The number of nitrogens with one attached hydrogen (secondary N) is 1. The average molecular weight is 296 g/mol. The molecule has 20 heavy (non-hydrogen) atoms. The molecule has 108 valence electrons. The molecule has 0 saturated heterocycles. The summed E-state index contributed by atoms with van der Waals surface area (Å²) in [7, 11) is 0. The molecule has 2 aromatic rings. The van der Waals surface area contributed by atoms with Crippen LogP contribution in [0.4, 0.5) is 4.39 Å². The summed E-state index contributed by atoms with van der Waals surface area (Å²) in [5, 5.41) is 8.01. The standard InChI is InChI=1S/C15H19ClFN3/c1-15(2,3)18-9-12-6-7-20(19-12)10-11-4-5-14(17)13(16)8-11/h4-8,18H,9-10H2,1-3H3. The van der Waals surface area contributed by atoms with Gasteiger partial charge in [0.15, 0.2) is 0 Å². The van der Waals surface area contributed by atoms with Crippen LogP contribution in [0.3, 0.4) is 0 Å². The van der Waals surface area contributed by atoms with Gasteiger partial charge >= 0.3 is 0 Å². The molecule has 0 spiro atoms. The van der Waals surface area contributed by atoms with Crippen molar-refractivity contribution in [2.45, 2.75) is 39.4 Å². The molecule has 5 heteroatoms. The van der Waals surface area contributed by atoms with Crippen molar-refractivity contribution in [3.63, 3.8) is 0 Å². The molecule has 0 unspecified atom stereocenters. The van der Waals surface area contributed by atoms with E-state index < -0.39 is 5.82 Å². The normalized spacial score (nSPS) is 11.8. The Morgan fingerprint density at radius 3 is 2.70 bits per heavy atom. The predicted molar refractivity (Wildman–Crippen MR) is 79.3 cm³/mol. The minimum absolute atomic E-state index is 0.0638. The topological polar surface area (TPSA) is 29.9 Å². The van der Waals surface area contributed by atoms with Crippen molar-refractivity contribution in [1.29, 1.82) is 0 Å². The molecule has 1 aromatic carbocycles. The third-order valence-corrected chi connectivity index (χ3v) is 3.11. The maximum Gasteiger partial charge on any atom is 0.141 e. The number of hydrogen-bond acceptors (Lipinski definition) is 2. The Bertz CT molecular complexity index is 587. The van der Waals surface area contributed by atoms with Gasteiger partial charge in [-0.1, -0.05) is 17.7 Å². The van der Waals surface area contributed by atoms with E-state index in [4.69, 9.17) is 11.6 Å². The molecular formula is C15H19ClFN3. The first kappa shape index (κ1) is 15.0. The van der Waals surface area contributed by atoms with Crippen molar-refractivity contribution in [2.75, 3.05) is 0 Å². The highest BCUT2D eigenvalue weighted by Gasteiger charge is 2.09. The first-order chi connectivity index (χ1) is 9.33. The van der Waals surface area contributed by atoms with Gasteiger partial charge in [-0.3, -0.25) is 4.68 Å². The van der Waals surface area contributed by atoms with Gasteiger partial charge in [0.2, 0.25) is 0 Å². The lowest BCUT2D eigenvalue weighted by atomic mass is 10.1. The summed E-state index contributed by atoms with van der Waals surface area (Å²) in [6, 6.07) is 6.70. The highest BCUT2D eigenvalue weighted by atomic mass is 35.5. The Kier molecular flexibility index (Phi) is 4.45. The molecular weight excluding hydrogens is 277 g/mol. The summed E-state index contributed by atoms with van der Waals surface area (Å²) in [6.45, 7) is 7.65. The minimum atomic E-state index is -0.397. The lowest BCUT2D eigenvalue weighted by Crippen LogP contribution is -2.35. The zero-order valence-electron chi connectivity index (χ0n) is 12.0. The number of aromatic nitrogens is 2. The van der Waals surface area contributed by atoms with E-state index in [-0.39, 0.29) is 10.6 Å². The highest BCUT2D eigenvalue weighted by Crippen LogP contribution is 2.16. The van der Waals surface area contributed by atoms with E-state index in [1.807, 2.05) is 16.9 Å². The number of benzene rings is 1. The van der Waals surface area contributed by atoms with Crippen LogP contribution in [0.25, 0.3) is 0 Å². The quantitative estimate of drug-likeness (QED) is 0.934. The third kappa shape index (κ3) is 4.32. The van der Waals surface area contributed by atoms with Crippen LogP contribution in [0.2, 0.25) is 5.02 Å². The Morgan fingerprint density at radius 2 is 2.05 bits per heavy atom. The fourth-order valence-corrected chi connectivity index (χ4v) is 1.97. The summed E-state index contributed by atoms with van der Waals surface area (Å²) in [4.78, 5) is 0. The maximum atomic E-state index is 13.1. The van der Waals surface area contributed by atoms with Crippen LogP contribution in [0.15, 0.2) is 30.5 Å². The molecule has 0 aliphatic carbocycles. The summed E-state index contributed by atoms with van der Waals surface area (Å²) in [5.41, 5.74) is 1.97. The van der Waals surface area contributed by atoms with Crippen molar-refractivity contribution in [3.8, 4) is 0 Å². The zero-order valence-corrected chi connectivity index (χ0v) is 12.7. The minimum Gasteiger partial charge on any atom is -0.306 e. The Labute approximate surface area is 123 Å². The van der Waals surface area contributed by atoms with Crippen molar-refractivity contribution in [2.24, 2.45) is 0 Å². The van der Waals surface area contributed by atoms with E-state index in [1.54, 1.807) is 12.1 Å². The molecule has 0 atom stereocenters. The van der Waals surface area contributed by atoms with Gasteiger partial charge in [-0.25, -0.2) is 4.39 Å². The summed E-state index contributed by atoms with van der Waals surface area (Å²) in [5.74, 6) is -0.397. The molecule has 0 amide bonds. The molecule has 2 rings (SSSR count). The molecule has 3 nitrogen and oxygen atoms in total. The van der Waals surface area contributed by atoms with Gasteiger partial charge in [-0.2, -0.15) is 5.10 Å². The third-order valence-electron chi connectivity index (χ3n) is 2.82. The number of halogens is 2. The van der Waals surface area contributed by atoms with Gasteiger partial charge in [0.1, 0.15) is 5.82 Å². The fraction of sp³-hybridized carbons (Fsp3) is 0.400. The van der Waals surface area contributed by atoms with E-state index in [9.17, 15) is 4.39 Å². The van der Waals surface area contributed by atoms with E-state index in [0.29, 0.717) is 6.54 Å². The molecule has 0 aliphatic rings. The van der Waals surface area contributed by atoms with Crippen LogP contribution in [-0.2, 0) is 13.1 Å². The second-order valence-electron chi connectivity index (χ2n) is 5.86. The summed E-state index contributed by atoms with van der Waals surface area (Å²) in [6.07, 6.45) is 1.91. The molecule has 1 heterocycles. The Hall–Kier alpha value is -1.39. The van der Waals surface area contributed by atoms with Crippen molar-refractivity contribution in [1.82, 2.24) is 15.1 Å². The predicted octanol–water partition coefficient (Wildman–Crippen LogP) is 3.61. The lowest BCUT2D eigenvalue weighted by Gasteiger charge is -2.19. The SMILES string of the molecule is CC(C)(C)NCc1ccn(Cc2ccc(F)c(Cl)c2)n1. The van der Waals surface area contributed by atoms with Gasteiger partial charge in [0, 0.05) is 18.3 Å². The second-order valence-corrected chi connectivity index (χ2v) is 6.26. The number of nitrogens with zero attached hydrogens (tertiary/aromatic N) is 2. The molecule has 0 radical (unpaired) electrons. The monoisotopic (exact) mass is 295 g/mol. The van der Waals surface area contributed by atoms with Crippen LogP contribution in [-0.4, -0.2) is 15.3 Å². The Balaban J connectivity index is 2.00. The van der Waals surface area contributed by atoms with Crippen LogP contribution in [0.1, 0.15) is 32.0 Å². The van der Waals surface area contributed by atoms with Crippen molar-refractivity contribution in [3.05, 3.63) is 52.6 Å². The molecule has 0 aliphatic heterocycles.